The zero-order valence-electron chi connectivity index (χ0n) is 31.0. The van der Waals surface area contributed by atoms with Gasteiger partial charge in [-0.25, -0.2) is 19.9 Å². The third-order valence-corrected chi connectivity index (χ3v) is 10.6. The number of imidazole rings is 2. The summed E-state index contributed by atoms with van der Waals surface area (Å²) in [5.74, 6) is 1.79. The van der Waals surface area contributed by atoms with E-state index in [2.05, 4.69) is 177 Å². The Balaban J connectivity index is 1.14. The summed E-state index contributed by atoms with van der Waals surface area (Å²) in [6, 6.07) is 60.3. The van der Waals surface area contributed by atoms with Crippen molar-refractivity contribution in [1.29, 1.82) is 0 Å². The fraction of sp³-hybridized carbons (Fsp3) is 0.0400. The molecule has 6 aromatic carbocycles. The highest BCUT2D eigenvalue weighted by molar-refractivity contribution is 6.00. The first kappa shape index (κ1) is 33.2. The van der Waals surface area contributed by atoms with Gasteiger partial charge in [0.05, 0.1) is 22.4 Å². The van der Waals surface area contributed by atoms with Crippen LogP contribution in [0.15, 0.2) is 182 Å². The van der Waals surface area contributed by atoms with E-state index in [0.29, 0.717) is 0 Å². The number of benzene rings is 6. The monoisotopic (exact) mass is 720 g/mol. The van der Waals surface area contributed by atoms with Crippen LogP contribution in [0, 0.1) is 13.8 Å². The van der Waals surface area contributed by atoms with Gasteiger partial charge in [-0.05, 0) is 94.8 Å². The number of fused-ring (bicyclic) bond motifs is 2. The van der Waals surface area contributed by atoms with Gasteiger partial charge in [-0.2, -0.15) is 0 Å². The molecule has 0 aliphatic heterocycles. The van der Waals surface area contributed by atoms with Gasteiger partial charge in [-0.1, -0.05) is 133 Å². The third kappa shape index (κ3) is 5.50. The van der Waals surface area contributed by atoms with Crippen molar-refractivity contribution in [2.45, 2.75) is 13.8 Å². The Morgan fingerprint density at radius 3 is 0.893 bits per heavy atom. The molecule has 6 nitrogen and oxygen atoms in total. The van der Waals surface area contributed by atoms with Crippen molar-refractivity contribution in [3.63, 3.8) is 0 Å². The van der Waals surface area contributed by atoms with E-state index in [4.69, 9.17) is 9.97 Å². The lowest BCUT2D eigenvalue weighted by Crippen LogP contribution is -2.01. The third-order valence-electron chi connectivity index (χ3n) is 10.6. The Kier molecular flexibility index (Phi) is 8.15. The number of aryl methyl sites for hydroxylation is 2. The summed E-state index contributed by atoms with van der Waals surface area (Å²) in [6.07, 6.45) is 3.60. The second-order valence-corrected chi connectivity index (χ2v) is 13.9. The fourth-order valence-corrected chi connectivity index (χ4v) is 8.27. The van der Waals surface area contributed by atoms with E-state index in [1.165, 1.54) is 0 Å². The van der Waals surface area contributed by atoms with Crippen LogP contribution >= 0.6 is 0 Å². The van der Waals surface area contributed by atoms with E-state index in [-0.39, 0.29) is 0 Å². The van der Waals surface area contributed by atoms with Gasteiger partial charge in [0.25, 0.3) is 0 Å². The highest BCUT2D eigenvalue weighted by Gasteiger charge is 2.21. The van der Waals surface area contributed by atoms with Crippen molar-refractivity contribution in [1.82, 2.24) is 29.1 Å². The minimum atomic E-state index is 0.739. The molecule has 0 aliphatic carbocycles. The van der Waals surface area contributed by atoms with Crippen molar-refractivity contribution in [3.8, 4) is 67.0 Å². The highest BCUT2D eigenvalue weighted by Crippen LogP contribution is 2.45. The molecule has 266 valence electrons. The Morgan fingerprint density at radius 1 is 0.304 bits per heavy atom. The van der Waals surface area contributed by atoms with E-state index < -0.39 is 0 Å². The molecule has 0 atom stereocenters. The average molecular weight is 721 g/mol. The maximum absolute atomic E-state index is 4.81. The molecule has 10 aromatic rings. The molecule has 0 saturated carbocycles. The predicted octanol–water partition coefficient (Wildman–Crippen LogP) is 12.1. The maximum Gasteiger partial charge on any atom is 0.178 e. The number of rotatable bonds is 7. The zero-order valence-corrected chi connectivity index (χ0v) is 31.0. The molecule has 0 bridgehead atoms. The van der Waals surface area contributed by atoms with E-state index >= 15 is 0 Å². The standard InChI is InChI=1S/C50H36N6/c1-33-53-49-47(29-15-31-51-49)55(33)45-27-13-11-25-43(45)41-23-9-7-21-39(41)37-19-5-3-17-35(37)36-18-4-6-20-38(36)40-22-8-10-24-42(40)44-26-12-14-28-46(44)56-34(2)54-50-48(56)30-16-32-52-50/h3-32H,1-2H3. The molecule has 56 heavy (non-hydrogen) atoms. The van der Waals surface area contributed by atoms with Gasteiger partial charge >= 0.3 is 0 Å². The van der Waals surface area contributed by atoms with Crippen LogP contribution in [-0.4, -0.2) is 29.1 Å². The Labute approximate surface area is 325 Å². The van der Waals surface area contributed by atoms with Crippen LogP contribution in [0.25, 0.3) is 89.3 Å². The summed E-state index contributed by atoms with van der Waals surface area (Å²) in [5.41, 5.74) is 17.0. The van der Waals surface area contributed by atoms with Crippen LogP contribution in [0.5, 0.6) is 0 Å². The zero-order chi connectivity index (χ0) is 37.6. The van der Waals surface area contributed by atoms with E-state index in [1.54, 1.807) is 12.4 Å². The van der Waals surface area contributed by atoms with Crippen LogP contribution in [0.2, 0.25) is 0 Å². The van der Waals surface area contributed by atoms with Crippen LogP contribution in [0.4, 0.5) is 0 Å². The summed E-state index contributed by atoms with van der Waals surface area (Å²) in [6.45, 7) is 4.09. The minimum Gasteiger partial charge on any atom is -0.294 e. The number of aromatic nitrogens is 6. The van der Waals surface area contributed by atoms with E-state index in [9.17, 15) is 0 Å². The molecule has 0 aliphatic rings. The Bertz CT molecular complexity index is 2870. The summed E-state index contributed by atoms with van der Waals surface area (Å²) in [7, 11) is 0. The number of hydrogen-bond acceptors (Lipinski definition) is 4. The number of hydrogen-bond donors (Lipinski definition) is 0. The highest BCUT2D eigenvalue weighted by atomic mass is 15.1. The molecule has 0 fully saturated rings. The second-order valence-electron chi connectivity index (χ2n) is 13.9. The largest absolute Gasteiger partial charge is 0.294 e. The van der Waals surface area contributed by atoms with Crippen LogP contribution in [0.3, 0.4) is 0 Å². The molecular formula is C50H36N6. The normalized spacial score (nSPS) is 11.4. The SMILES string of the molecule is Cc1nc2ncccc2n1-c1ccccc1-c1ccccc1-c1ccccc1-c1ccccc1-c1ccccc1-c1ccccc1-n1c(C)nc2ncccc21. The lowest BCUT2D eigenvalue weighted by molar-refractivity contribution is 1.00. The van der Waals surface area contributed by atoms with E-state index in [1.807, 2.05) is 26.0 Å². The van der Waals surface area contributed by atoms with E-state index in [0.717, 1.165) is 101 Å². The van der Waals surface area contributed by atoms with Crippen molar-refractivity contribution < 1.29 is 0 Å². The van der Waals surface area contributed by atoms with Gasteiger partial charge in [-0.3, -0.25) is 9.13 Å². The number of para-hydroxylation sites is 2. The molecule has 4 aromatic heterocycles. The van der Waals surface area contributed by atoms with Crippen molar-refractivity contribution in [3.05, 3.63) is 194 Å². The summed E-state index contributed by atoms with van der Waals surface area (Å²) in [4.78, 5) is 18.7. The first-order valence-electron chi connectivity index (χ1n) is 18.8. The van der Waals surface area contributed by atoms with Gasteiger partial charge in [0.1, 0.15) is 11.6 Å². The Morgan fingerprint density at radius 2 is 0.571 bits per heavy atom. The molecule has 0 saturated heterocycles. The van der Waals surface area contributed by atoms with Crippen molar-refractivity contribution in [2.75, 3.05) is 0 Å². The molecular weight excluding hydrogens is 685 g/mol. The van der Waals surface area contributed by atoms with Gasteiger partial charge in [-0.15, -0.1) is 0 Å². The maximum atomic E-state index is 4.81. The fourth-order valence-electron chi connectivity index (χ4n) is 8.27. The Hall–Kier alpha value is -7.44. The summed E-state index contributed by atoms with van der Waals surface area (Å²) < 4.78 is 4.43. The number of nitrogens with zero attached hydrogens (tertiary/aromatic N) is 6. The predicted molar refractivity (Wildman–Crippen MR) is 228 cm³/mol. The molecule has 6 heteroatoms. The summed E-state index contributed by atoms with van der Waals surface area (Å²) >= 11 is 0. The van der Waals surface area contributed by atoms with Crippen LogP contribution < -0.4 is 0 Å². The lowest BCUT2D eigenvalue weighted by Gasteiger charge is -2.21. The first-order chi connectivity index (χ1) is 27.7. The lowest BCUT2D eigenvalue weighted by atomic mass is 9.85. The van der Waals surface area contributed by atoms with Crippen LogP contribution in [0.1, 0.15) is 11.6 Å². The molecule has 0 spiro atoms. The topological polar surface area (TPSA) is 61.4 Å². The van der Waals surface area contributed by atoms with Crippen molar-refractivity contribution in [2.24, 2.45) is 0 Å². The molecule has 4 heterocycles. The van der Waals surface area contributed by atoms with Gasteiger partial charge < -0.3 is 0 Å². The van der Waals surface area contributed by atoms with Gasteiger partial charge in [0.15, 0.2) is 11.3 Å². The molecule has 0 amide bonds. The molecule has 10 rings (SSSR count). The summed E-state index contributed by atoms with van der Waals surface area (Å²) in [5, 5.41) is 0. The van der Waals surface area contributed by atoms with Crippen molar-refractivity contribution >= 4 is 22.3 Å². The molecule has 0 N–H and O–H groups in total. The molecule has 0 unspecified atom stereocenters. The smallest absolute Gasteiger partial charge is 0.178 e. The van der Waals surface area contributed by atoms with Crippen LogP contribution in [-0.2, 0) is 0 Å². The number of pyridine rings is 2. The average Bonchev–Trinajstić information content (AvgIpc) is 3.78. The first-order valence-corrected chi connectivity index (χ1v) is 18.8. The molecule has 0 radical (unpaired) electrons. The minimum absolute atomic E-state index is 0.739. The van der Waals surface area contributed by atoms with Gasteiger partial charge in [0, 0.05) is 23.5 Å². The second kappa shape index (κ2) is 13.8. The van der Waals surface area contributed by atoms with Gasteiger partial charge in [0.2, 0.25) is 0 Å². The quantitative estimate of drug-likeness (QED) is 0.164.